The summed E-state index contributed by atoms with van der Waals surface area (Å²) in [5.74, 6) is -0.762. The SMILES string of the molecule is Cn1c(-c2[nH]nc(N)c2F)cnc1Cl. The molecule has 0 fully saturated rings. The zero-order valence-electron chi connectivity index (χ0n) is 7.25. The fraction of sp³-hybridized carbons (Fsp3) is 0.143. The highest BCUT2D eigenvalue weighted by Crippen LogP contribution is 2.24. The van der Waals surface area contributed by atoms with Crippen LogP contribution in [0.4, 0.5) is 10.2 Å². The molecule has 0 aromatic carbocycles. The molecule has 0 atom stereocenters. The standard InChI is InChI=1S/C7H7ClFN5/c1-14-3(2-11-7(14)8)5-4(9)6(10)13-12-5/h2H,1H3,(H3,10,12,13). The summed E-state index contributed by atoms with van der Waals surface area (Å²) in [4.78, 5) is 3.82. The molecule has 0 bridgehead atoms. The van der Waals surface area contributed by atoms with Crippen LogP contribution in [0.2, 0.25) is 5.28 Å². The Morgan fingerprint density at radius 2 is 2.36 bits per heavy atom. The fourth-order valence-electron chi connectivity index (χ4n) is 1.13. The molecule has 7 heteroatoms. The van der Waals surface area contributed by atoms with Crippen LogP contribution in [-0.2, 0) is 7.05 Å². The molecule has 0 aliphatic heterocycles. The molecule has 74 valence electrons. The third kappa shape index (κ3) is 1.15. The van der Waals surface area contributed by atoms with E-state index < -0.39 is 5.82 Å². The van der Waals surface area contributed by atoms with Crippen LogP contribution in [0.3, 0.4) is 0 Å². The molecular formula is C7H7ClFN5. The lowest BCUT2D eigenvalue weighted by Gasteiger charge is -1.98. The van der Waals surface area contributed by atoms with Gasteiger partial charge in [-0.15, -0.1) is 0 Å². The molecule has 2 heterocycles. The van der Waals surface area contributed by atoms with Crippen LogP contribution in [0, 0.1) is 5.82 Å². The molecular weight excluding hydrogens is 209 g/mol. The van der Waals surface area contributed by atoms with Crippen LogP contribution < -0.4 is 5.73 Å². The van der Waals surface area contributed by atoms with Gasteiger partial charge in [-0.2, -0.15) is 5.10 Å². The first-order valence-electron chi connectivity index (χ1n) is 3.78. The van der Waals surface area contributed by atoms with Gasteiger partial charge in [-0.05, 0) is 11.6 Å². The van der Waals surface area contributed by atoms with Crippen LogP contribution in [0.5, 0.6) is 0 Å². The van der Waals surface area contributed by atoms with Gasteiger partial charge in [0.15, 0.2) is 11.6 Å². The van der Waals surface area contributed by atoms with E-state index in [2.05, 4.69) is 15.2 Å². The van der Waals surface area contributed by atoms with E-state index in [4.69, 9.17) is 17.3 Å². The summed E-state index contributed by atoms with van der Waals surface area (Å²) >= 11 is 5.70. The smallest absolute Gasteiger partial charge is 0.202 e. The fourth-order valence-corrected chi connectivity index (χ4v) is 1.27. The van der Waals surface area contributed by atoms with Crippen molar-refractivity contribution < 1.29 is 4.39 Å². The van der Waals surface area contributed by atoms with Gasteiger partial charge in [0.2, 0.25) is 5.28 Å². The lowest BCUT2D eigenvalue weighted by Crippen LogP contribution is -1.93. The maximum Gasteiger partial charge on any atom is 0.202 e. The van der Waals surface area contributed by atoms with E-state index in [-0.39, 0.29) is 16.8 Å². The minimum atomic E-state index is -0.593. The van der Waals surface area contributed by atoms with E-state index in [9.17, 15) is 4.39 Å². The highest BCUT2D eigenvalue weighted by atomic mass is 35.5. The van der Waals surface area contributed by atoms with Gasteiger partial charge in [0.05, 0.1) is 11.9 Å². The van der Waals surface area contributed by atoms with Crippen molar-refractivity contribution in [2.75, 3.05) is 5.73 Å². The summed E-state index contributed by atoms with van der Waals surface area (Å²) < 4.78 is 14.9. The summed E-state index contributed by atoms with van der Waals surface area (Å²) in [7, 11) is 1.67. The average molecular weight is 216 g/mol. The number of hydrogen-bond acceptors (Lipinski definition) is 3. The number of nitrogens with one attached hydrogen (secondary N) is 1. The quantitative estimate of drug-likeness (QED) is 0.751. The molecule has 0 amide bonds. The Labute approximate surface area is 83.7 Å². The number of halogens is 2. The number of H-pyrrole nitrogens is 1. The number of aromatic nitrogens is 4. The molecule has 3 N–H and O–H groups in total. The van der Waals surface area contributed by atoms with Crippen LogP contribution in [0.25, 0.3) is 11.4 Å². The second kappa shape index (κ2) is 2.98. The second-order valence-electron chi connectivity index (χ2n) is 2.77. The zero-order chi connectivity index (χ0) is 10.3. The Bertz CT molecular complexity index is 430. The maximum atomic E-state index is 13.3. The molecule has 14 heavy (non-hydrogen) atoms. The minimum absolute atomic E-state index is 0.169. The van der Waals surface area contributed by atoms with E-state index in [1.54, 1.807) is 7.05 Å². The minimum Gasteiger partial charge on any atom is -0.380 e. The Morgan fingerprint density at radius 1 is 1.64 bits per heavy atom. The van der Waals surface area contributed by atoms with Gasteiger partial charge in [0.25, 0.3) is 0 Å². The van der Waals surface area contributed by atoms with Gasteiger partial charge < -0.3 is 10.3 Å². The number of anilines is 1. The second-order valence-corrected chi connectivity index (χ2v) is 3.11. The van der Waals surface area contributed by atoms with E-state index in [1.165, 1.54) is 10.8 Å². The van der Waals surface area contributed by atoms with Crippen molar-refractivity contribution in [3.63, 3.8) is 0 Å². The third-order valence-electron chi connectivity index (χ3n) is 1.92. The molecule has 2 rings (SSSR count). The largest absolute Gasteiger partial charge is 0.380 e. The van der Waals surface area contributed by atoms with Gasteiger partial charge >= 0.3 is 0 Å². The van der Waals surface area contributed by atoms with E-state index in [1.807, 2.05) is 0 Å². The highest BCUT2D eigenvalue weighted by molar-refractivity contribution is 6.28. The van der Waals surface area contributed by atoms with Crippen LogP contribution in [0.15, 0.2) is 6.20 Å². The van der Waals surface area contributed by atoms with Crippen LogP contribution >= 0.6 is 11.6 Å². The van der Waals surface area contributed by atoms with Gasteiger partial charge in [0.1, 0.15) is 5.69 Å². The number of nitrogens with zero attached hydrogens (tertiary/aromatic N) is 3. The predicted octanol–water partition coefficient (Wildman–Crippen LogP) is 1.18. The molecule has 0 saturated carbocycles. The summed E-state index contributed by atoms with van der Waals surface area (Å²) in [6.45, 7) is 0. The molecule has 5 nitrogen and oxygen atoms in total. The van der Waals surface area contributed by atoms with Crippen molar-refractivity contribution >= 4 is 17.4 Å². The first-order valence-corrected chi connectivity index (χ1v) is 4.16. The molecule has 0 radical (unpaired) electrons. The predicted molar refractivity (Wildman–Crippen MR) is 50.2 cm³/mol. The number of imidazole rings is 1. The first kappa shape index (κ1) is 9.01. The van der Waals surface area contributed by atoms with Crippen molar-refractivity contribution in [3.05, 3.63) is 17.3 Å². The molecule has 2 aromatic rings. The zero-order valence-corrected chi connectivity index (χ0v) is 8.01. The van der Waals surface area contributed by atoms with E-state index >= 15 is 0 Å². The Balaban J connectivity index is 2.60. The van der Waals surface area contributed by atoms with Crippen LogP contribution in [-0.4, -0.2) is 19.7 Å². The number of nitrogen functional groups attached to an aromatic ring is 1. The van der Waals surface area contributed by atoms with Crippen LogP contribution in [0.1, 0.15) is 0 Å². The third-order valence-corrected chi connectivity index (χ3v) is 2.27. The summed E-state index contributed by atoms with van der Waals surface area (Å²) in [6.07, 6.45) is 1.44. The van der Waals surface area contributed by atoms with Gasteiger partial charge in [-0.25, -0.2) is 9.37 Å². The maximum absolute atomic E-state index is 13.3. The number of rotatable bonds is 1. The Hall–Kier alpha value is -1.56. The Kier molecular flexibility index (Phi) is 1.92. The Morgan fingerprint density at radius 3 is 2.79 bits per heavy atom. The van der Waals surface area contributed by atoms with Crippen molar-refractivity contribution in [3.8, 4) is 11.4 Å². The monoisotopic (exact) mass is 215 g/mol. The topological polar surface area (TPSA) is 72.5 Å². The lowest BCUT2D eigenvalue weighted by molar-refractivity contribution is 0.635. The summed E-state index contributed by atoms with van der Waals surface area (Å²) in [6, 6.07) is 0. The normalized spacial score (nSPS) is 10.8. The van der Waals surface area contributed by atoms with E-state index in [0.29, 0.717) is 5.69 Å². The van der Waals surface area contributed by atoms with Crippen molar-refractivity contribution in [2.45, 2.75) is 0 Å². The molecule has 0 saturated heterocycles. The highest BCUT2D eigenvalue weighted by Gasteiger charge is 2.16. The van der Waals surface area contributed by atoms with Gasteiger partial charge in [-0.1, -0.05) is 0 Å². The number of hydrogen-bond donors (Lipinski definition) is 2. The van der Waals surface area contributed by atoms with E-state index in [0.717, 1.165) is 0 Å². The molecule has 0 unspecified atom stereocenters. The molecule has 0 aliphatic carbocycles. The number of nitrogens with two attached hydrogens (primary N) is 1. The lowest BCUT2D eigenvalue weighted by atomic mass is 10.3. The summed E-state index contributed by atoms with van der Waals surface area (Å²) in [5.41, 5.74) is 5.94. The first-order chi connectivity index (χ1) is 6.61. The van der Waals surface area contributed by atoms with Gasteiger partial charge in [-0.3, -0.25) is 5.10 Å². The average Bonchev–Trinajstić information content (AvgIpc) is 2.63. The summed E-state index contributed by atoms with van der Waals surface area (Å²) in [5, 5.41) is 6.28. The van der Waals surface area contributed by atoms with Crippen molar-refractivity contribution in [1.29, 1.82) is 0 Å². The molecule has 0 spiro atoms. The number of aromatic amines is 1. The van der Waals surface area contributed by atoms with Crippen molar-refractivity contribution in [1.82, 2.24) is 19.7 Å². The van der Waals surface area contributed by atoms with Crippen molar-refractivity contribution in [2.24, 2.45) is 7.05 Å². The van der Waals surface area contributed by atoms with Gasteiger partial charge in [0, 0.05) is 7.05 Å². The molecule has 2 aromatic heterocycles. The molecule has 0 aliphatic rings.